The number of aromatic nitrogens is 2. The molecular formula is C29H26FN5O3S3. The van der Waals surface area contributed by atoms with E-state index in [4.69, 9.17) is 0 Å². The number of nitrogens with zero attached hydrogens (tertiary/aromatic N) is 2. The van der Waals surface area contributed by atoms with Crippen molar-refractivity contribution in [3.05, 3.63) is 102 Å². The van der Waals surface area contributed by atoms with Gasteiger partial charge in [0.1, 0.15) is 11.5 Å². The summed E-state index contributed by atoms with van der Waals surface area (Å²) in [4.78, 5) is 43.7. The highest BCUT2D eigenvalue weighted by Gasteiger charge is 2.18. The molecule has 0 fully saturated rings. The maximum Gasteiger partial charge on any atom is 0.272 e. The van der Waals surface area contributed by atoms with Gasteiger partial charge in [0, 0.05) is 33.2 Å². The fraction of sp³-hybridized carbons (Fsp3) is 0.138. The van der Waals surface area contributed by atoms with E-state index in [1.807, 2.05) is 6.92 Å². The number of rotatable bonds is 11. The molecule has 0 saturated heterocycles. The number of benzene rings is 3. The highest BCUT2D eigenvalue weighted by molar-refractivity contribution is 8.00. The van der Waals surface area contributed by atoms with Gasteiger partial charge in [0.2, 0.25) is 16.2 Å². The summed E-state index contributed by atoms with van der Waals surface area (Å²) in [5.74, 6) is -1.01. The number of carbonyl (C=O) groups is 3. The minimum Gasteiger partial charge on any atom is -0.321 e. The Hall–Kier alpha value is -4.00. The zero-order valence-corrected chi connectivity index (χ0v) is 24.5. The molecule has 0 radical (unpaired) electrons. The molecule has 1 heterocycles. The molecule has 1 unspecified atom stereocenters. The summed E-state index contributed by atoms with van der Waals surface area (Å²) in [7, 11) is 0. The molecule has 0 aliphatic rings. The molecule has 0 aliphatic heterocycles. The van der Waals surface area contributed by atoms with E-state index in [-0.39, 0.29) is 17.2 Å². The molecule has 1 aromatic heterocycles. The van der Waals surface area contributed by atoms with Crippen LogP contribution >= 0.6 is 35.1 Å². The smallest absolute Gasteiger partial charge is 0.272 e. The number of carbonyl (C=O) groups excluding carboxylic acids is 3. The topological polar surface area (TPSA) is 113 Å². The van der Waals surface area contributed by atoms with Crippen LogP contribution < -0.4 is 16.0 Å². The highest BCUT2D eigenvalue weighted by atomic mass is 32.2. The molecular weight excluding hydrogens is 582 g/mol. The Morgan fingerprint density at radius 2 is 1.68 bits per heavy atom. The second-order valence-corrected chi connectivity index (χ2v) is 11.8. The Labute approximate surface area is 249 Å². The van der Waals surface area contributed by atoms with Crippen LogP contribution in [-0.2, 0) is 9.59 Å². The lowest BCUT2D eigenvalue weighted by Gasteiger charge is -2.13. The van der Waals surface area contributed by atoms with Gasteiger partial charge in [-0.3, -0.25) is 19.7 Å². The van der Waals surface area contributed by atoms with Crippen molar-refractivity contribution in [2.75, 3.05) is 16.4 Å². The number of hydrogen-bond donors (Lipinski definition) is 3. The summed E-state index contributed by atoms with van der Waals surface area (Å²) in [6.07, 6.45) is 1.29. The molecule has 12 heteroatoms. The van der Waals surface area contributed by atoms with Gasteiger partial charge in [-0.1, -0.05) is 55.1 Å². The van der Waals surface area contributed by atoms with Crippen molar-refractivity contribution in [1.82, 2.24) is 14.7 Å². The van der Waals surface area contributed by atoms with E-state index in [0.717, 1.165) is 22.2 Å². The first-order valence-electron chi connectivity index (χ1n) is 12.5. The number of thioether (sulfide) groups is 2. The molecule has 1 atom stereocenters. The predicted octanol–water partition coefficient (Wildman–Crippen LogP) is 6.32. The van der Waals surface area contributed by atoms with Gasteiger partial charge in [-0.05, 0) is 61.2 Å². The van der Waals surface area contributed by atoms with Crippen LogP contribution in [0, 0.1) is 5.82 Å². The molecule has 3 amide bonds. The first-order chi connectivity index (χ1) is 19.8. The Balaban J connectivity index is 1.41. The Kier molecular flexibility index (Phi) is 10.7. The summed E-state index contributed by atoms with van der Waals surface area (Å²) < 4.78 is 18.5. The van der Waals surface area contributed by atoms with Crippen LogP contribution in [0.4, 0.5) is 15.2 Å². The maximum atomic E-state index is 14.3. The van der Waals surface area contributed by atoms with Crippen LogP contribution in [0.15, 0.2) is 94.6 Å². The van der Waals surface area contributed by atoms with Crippen LogP contribution in [0.25, 0.3) is 6.08 Å². The van der Waals surface area contributed by atoms with Crippen molar-refractivity contribution in [2.45, 2.75) is 29.1 Å². The van der Waals surface area contributed by atoms with Gasteiger partial charge in [0.15, 0.2) is 0 Å². The van der Waals surface area contributed by atoms with Gasteiger partial charge < -0.3 is 10.6 Å². The van der Waals surface area contributed by atoms with Gasteiger partial charge >= 0.3 is 0 Å². The largest absolute Gasteiger partial charge is 0.321 e. The van der Waals surface area contributed by atoms with Gasteiger partial charge in [0.25, 0.3) is 11.8 Å². The van der Waals surface area contributed by atoms with Gasteiger partial charge in [-0.15, -0.1) is 11.8 Å². The van der Waals surface area contributed by atoms with Crippen LogP contribution in [0.2, 0.25) is 0 Å². The highest BCUT2D eigenvalue weighted by Crippen LogP contribution is 2.27. The fourth-order valence-corrected chi connectivity index (χ4v) is 5.56. The van der Waals surface area contributed by atoms with E-state index in [1.165, 1.54) is 47.8 Å². The molecule has 4 aromatic rings. The third-order valence-electron chi connectivity index (χ3n) is 5.44. The Morgan fingerprint density at radius 1 is 0.976 bits per heavy atom. The average Bonchev–Trinajstić information content (AvgIpc) is 3.42. The maximum absolute atomic E-state index is 14.3. The summed E-state index contributed by atoms with van der Waals surface area (Å²) in [6, 6.07) is 21.3. The van der Waals surface area contributed by atoms with Crippen molar-refractivity contribution in [3.63, 3.8) is 0 Å². The van der Waals surface area contributed by atoms with E-state index < -0.39 is 22.9 Å². The summed E-state index contributed by atoms with van der Waals surface area (Å²) >= 11 is 3.99. The number of anilines is 2. The third kappa shape index (κ3) is 8.74. The third-order valence-corrected chi connectivity index (χ3v) is 8.03. The monoisotopic (exact) mass is 607 g/mol. The molecule has 3 N–H and O–H groups in total. The molecule has 210 valence electrons. The first-order valence-corrected chi connectivity index (χ1v) is 15.1. The normalized spacial score (nSPS) is 11.9. The van der Waals surface area contributed by atoms with E-state index in [0.29, 0.717) is 21.5 Å². The van der Waals surface area contributed by atoms with E-state index in [2.05, 4.69) is 25.3 Å². The molecule has 0 spiro atoms. The number of amides is 3. The SMILES string of the molecule is CCSc1nsc(NC(=O)C(C)Sc2ccc(NC(=O)/C(=C/c3ccccc3F)NC(=O)c3ccccc3)cc2)n1. The van der Waals surface area contributed by atoms with Crippen molar-refractivity contribution >= 4 is 69.7 Å². The number of halogens is 1. The first kappa shape index (κ1) is 30.0. The lowest BCUT2D eigenvalue weighted by Crippen LogP contribution is -2.30. The quantitative estimate of drug-likeness (QED) is 0.135. The lowest BCUT2D eigenvalue weighted by atomic mass is 10.1. The zero-order chi connectivity index (χ0) is 29.2. The number of hydrogen-bond acceptors (Lipinski definition) is 8. The molecule has 0 saturated carbocycles. The second-order valence-electron chi connectivity index (χ2n) is 8.44. The van der Waals surface area contributed by atoms with Crippen LogP contribution in [0.5, 0.6) is 0 Å². The molecule has 41 heavy (non-hydrogen) atoms. The minimum atomic E-state index is -0.622. The number of nitrogens with one attached hydrogen (secondary N) is 3. The summed E-state index contributed by atoms with van der Waals surface area (Å²) in [6.45, 7) is 3.79. The minimum absolute atomic E-state index is 0.120. The van der Waals surface area contributed by atoms with Crippen molar-refractivity contribution in [2.24, 2.45) is 0 Å². The predicted molar refractivity (Wildman–Crippen MR) is 164 cm³/mol. The molecule has 3 aromatic carbocycles. The molecule has 8 nitrogen and oxygen atoms in total. The lowest BCUT2D eigenvalue weighted by molar-refractivity contribution is -0.115. The van der Waals surface area contributed by atoms with Crippen LogP contribution in [0.1, 0.15) is 29.8 Å². The van der Waals surface area contributed by atoms with Crippen LogP contribution in [0.3, 0.4) is 0 Å². The van der Waals surface area contributed by atoms with Gasteiger partial charge in [0.05, 0.1) is 5.25 Å². The Morgan fingerprint density at radius 3 is 2.39 bits per heavy atom. The van der Waals surface area contributed by atoms with Gasteiger partial charge in [-0.2, -0.15) is 9.36 Å². The Bertz CT molecular complexity index is 1540. The van der Waals surface area contributed by atoms with E-state index >= 15 is 0 Å². The van der Waals surface area contributed by atoms with E-state index in [1.54, 1.807) is 67.6 Å². The van der Waals surface area contributed by atoms with Gasteiger partial charge in [-0.25, -0.2) is 4.39 Å². The van der Waals surface area contributed by atoms with Crippen molar-refractivity contribution in [3.8, 4) is 0 Å². The molecule has 0 bridgehead atoms. The van der Waals surface area contributed by atoms with Crippen molar-refractivity contribution < 1.29 is 18.8 Å². The second kappa shape index (κ2) is 14.6. The van der Waals surface area contributed by atoms with Crippen molar-refractivity contribution in [1.29, 1.82) is 0 Å². The average molecular weight is 608 g/mol. The molecule has 4 rings (SSSR count). The summed E-state index contributed by atoms with van der Waals surface area (Å²) in [5, 5.41) is 8.80. The molecule has 0 aliphatic carbocycles. The fourth-order valence-electron chi connectivity index (χ4n) is 3.42. The summed E-state index contributed by atoms with van der Waals surface area (Å²) in [5.41, 5.74) is 0.842. The standard InChI is InChI=1S/C29H26FN5O3S3/c1-3-39-29-34-28(41-35-29)33-25(36)18(2)40-22-15-13-21(14-16-22)31-27(38)24(17-20-11-7-8-12-23(20)30)32-26(37)19-9-5-4-6-10-19/h4-18H,3H2,1-2H3,(H,31,38)(H,32,37)(H,33,34,35,36)/b24-17-. The zero-order valence-electron chi connectivity index (χ0n) is 22.1. The van der Waals surface area contributed by atoms with Crippen LogP contribution in [-0.4, -0.2) is 38.1 Å². The van der Waals surface area contributed by atoms with E-state index in [9.17, 15) is 18.8 Å².